The molecule has 2 atom stereocenters. The molecule has 3 nitrogen and oxygen atoms in total. The average molecular weight is 248 g/mol. The van der Waals surface area contributed by atoms with E-state index in [-0.39, 0.29) is 11.3 Å². The van der Waals surface area contributed by atoms with E-state index < -0.39 is 5.97 Å². The molecule has 2 rings (SSSR count). The molecule has 0 saturated heterocycles. The van der Waals surface area contributed by atoms with Crippen LogP contribution in [-0.2, 0) is 10.2 Å². The fourth-order valence-electron chi connectivity index (χ4n) is 2.58. The number of ether oxygens (including phenoxy) is 1. The van der Waals surface area contributed by atoms with Crippen LogP contribution in [0.1, 0.15) is 44.2 Å². The number of carboxylic acids is 1. The standard InChI is InChI=1S/C15H20O3/c1-9(2)11-7-10(5-6-13(11)18-4)15(3)8-12(15)14(16)17/h5-7,9,12H,8H2,1-4H3,(H,16,17). The van der Waals surface area contributed by atoms with Crippen molar-refractivity contribution >= 4 is 5.97 Å². The molecule has 98 valence electrons. The number of carbonyl (C=O) groups is 1. The van der Waals surface area contributed by atoms with E-state index in [4.69, 9.17) is 9.84 Å². The monoisotopic (exact) mass is 248 g/mol. The van der Waals surface area contributed by atoms with Gasteiger partial charge < -0.3 is 9.84 Å². The third-order valence-corrected chi connectivity index (χ3v) is 4.05. The summed E-state index contributed by atoms with van der Waals surface area (Å²) in [7, 11) is 1.67. The first-order valence-corrected chi connectivity index (χ1v) is 6.31. The Kier molecular flexibility index (Phi) is 3.09. The molecule has 0 heterocycles. The van der Waals surface area contributed by atoms with Crippen molar-refractivity contribution in [3.05, 3.63) is 29.3 Å². The minimum absolute atomic E-state index is 0.207. The van der Waals surface area contributed by atoms with E-state index in [9.17, 15) is 4.79 Å². The Bertz CT molecular complexity index is 479. The molecule has 1 aliphatic rings. The van der Waals surface area contributed by atoms with Crippen LogP contribution in [0.5, 0.6) is 5.75 Å². The number of aliphatic carboxylic acids is 1. The van der Waals surface area contributed by atoms with Crippen LogP contribution in [0.4, 0.5) is 0 Å². The lowest BCUT2D eigenvalue weighted by Crippen LogP contribution is -2.11. The second-order valence-corrected chi connectivity index (χ2v) is 5.62. The Morgan fingerprint density at radius 1 is 1.50 bits per heavy atom. The zero-order valence-corrected chi connectivity index (χ0v) is 11.4. The number of methoxy groups -OCH3 is 1. The molecule has 0 amide bonds. The number of hydrogen-bond donors (Lipinski definition) is 1. The van der Waals surface area contributed by atoms with Gasteiger partial charge in [-0.3, -0.25) is 4.79 Å². The van der Waals surface area contributed by atoms with Gasteiger partial charge in [0.25, 0.3) is 0 Å². The molecule has 0 bridgehead atoms. The first-order valence-electron chi connectivity index (χ1n) is 6.31. The molecule has 1 aromatic carbocycles. The van der Waals surface area contributed by atoms with Gasteiger partial charge in [0.05, 0.1) is 13.0 Å². The van der Waals surface area contributed by atoms with Crippen molar-refractivity contribution in [2.24, 2.45) is 5.92 Å². The zero-order valence-electron chi connectivity index (χ0n) is 11.4. The maximum Gasteiger partial charge on any atom is 0.307 e. The summed E-state index contributed by atoms with van der Waals surface area (Å²) in [4.78, 5) is 11.1. The number of rotatable bonds is 4. The maximum atomic E-state index is 11.1. The van der Waals surface area contributed by atoms with Crippen LogP contribution in [0.3, 0.4) is 0 Å². The van der Waals surface area contributed by atoms with Crippen LogP contribution in [0.15, 0.2) is 18.2 Å². The summed E-state index contributed by atoms with van der Waals surface area (Å²) in [5.74, 6) is 0.306. The van der Waals surface area contributed by atoms with E-state index in [2.05, 4.69) is 19.9 Å². The van der Waals surface area contributed by atoms with Gasteiger partial charge in [-0.1, -0.05) is 32.9 Å². The highest BCUT2D eigenvalue weighted by molar-refractivity contribution is 5.77. The van der Waals surface area contributed by atoms with Crippen LogP contribution < -0.4 is 4.74 Å². The summed E-state index contributed by atoms with van der Waals surface area (Å²) in [5.41, 5.74) is 2.05. The largest absolute Gasteiger partial charge is 0.496 e. The molecule has 3 heteroatoms. The molecule has 2 unspecified atom stereocenters. The molecule has 0 spiro atoms. The highest BCUT2D eigenvalue weighted by Crippen LogP contribution is 2.54. The van der Waals surface area contributed by atoms with Gasteiger partial charge in [-0.15, -0.1) is 0 Å². The van der Waals surface area contributed by atoms with E-state index in [1.807, 2.05) is 19.1 Å². The normalized spacial score (nSPS) is 26.2. The van der Waals surface area contributed by atoms with Crippen molar-refractivity contribution in [1.82, 2.24) is 0 Å². The molecule has 1 N–H and O–H groups in total. The Morgan fingerprint density at radius 2 is 2.17 bits per heavy atom. The number of benzene rings is 1. The molecular formula is C15H20O3. The van der Waals surface area contributed by atoms with Gasteiger partial charge in [0.1, 0.15) is 5.75 Å². The Labute approximate surface area is 108 Å². The van der Waals surface area contributed by atoms with Gasteiger partial charge in [0, 0.05) is 5.41 Å². The topological polar surface area (TPSA) is 46.5 Å². The SMILES string of the molecule is COc1ccc(C2(C)CC2C(=O)O)cc1C(C)C. The van der Waals surface area contributed by atoms with Crippen LogP contribution in [0.25, 0.3) is 0 Å². The van der Waals surface area contributed by atoms with Crippen molar-refractivity contribution in [2.45, 2.75) is 38.5 Å². The van der Waals surface area contributed by atoms with Crippen LogP contribution in [-0.4, -0.2) is 18.2 Å². The van der Waals surface area contributed by atoms with Gasteiger partial charge in [0.15, 0.2) is 0 Å². The summed E-state index contributed by atoms with van der Waals surface area (Å²) >= 11 is 0. The third kappa shape index (κ3) is 1.98. The van der Waals surface area contributed by atoms with Gasteiger partial charge in [-0.2, -0.15) is 0 Å². The maximum absolute atomic E-state index is 11.1. The number of carboxylic acid groups (broad SMARTS) is 1. The molecular weight excluding hydrogens is 228 g/mol. The van der Waals surface area contributed by atoms with Gasteiger partial charge in [0.2, 0.25) is 0 Å². The van der Waals surface area contributed by atoms with Crippen molar-refractivity contribution in [3.8, 4) is 5.75 Å². The lowest BCUT2D eigenvalue weighted by molar-refractivity contribution is -0.138. The minimum atomic E-state index is -0.695. The van der Waals surface area contributed by atoms with E-state index in [0.29, 0.717) is 5.92 Å². The number of hydrogen-bond acceptors (Lipinski definition) is 2. The first-order chi connectivity index (χ1) is 8.40. The molecule has 1 aliphatic carbocycles. The molecule has 0 aromatic heterocycles. The van der Waals surface area contributed by atoms with Gasteiger partial charge in [-0.05, 0) is 29.5 Å². The zero-order chi connectivity index (χ0) is 13.5. The summed E-state index contributed by atoms with van der Waals surface area (Å²) in [6.07, 6.45) is 0.728. The van der Waals surface area contributed by atoms with Crippen LogP contribution in [0.2, 0.25) is 0 Å². The molecule has 0 radical (unpaired) electrons. The van der Waals surface area contributed by atoms with E-state index in [1.54, 1.807) is 7.11 Å². The fourth-order valence-corrected chi connectivity index (χ4v) is 2.58. The van der Waals surface area contributed by atoms with E-state index in [1.165, 1.54) is 0 Å². The summed E-state index contributed by atoms with van der Waals surface area (Å²) in [6, 6.07) is 6.05. The van der Waals surface area contributed by atoms with Crippen molar-refractivity contribution in [1.29, 1.82) is 0 Å². The fraction of sp³-hybridized carbons (Fsp3) is 0.533. The molecule has 0 aliphatic heterocycles. The lowest BCUT2D eigenvalue weighted by atomic mass is 9.90. The second kappa shape index (κ2) is 4.30. The molecule has 1 aromatic rings. The minimum Gasteiger partial charge on any atom is -0.496 e. The van der Waals surface area contributed by atoms with Gasteiger partial charge in [-0.25, -0.2) is 0 Å². The highest BCUT2D eigenvalue weighted by Gasteiger charge is 2.56. The van der Waals surface area contributed by atoms with Crippen molar-refractivity contribution in [3.63, 3.8) is 0 Å². The van der Waals surface area contributed by atoms with E-state index >= 15 is 0 Å². The van der Waals surface area contributed by atoms with Crippen molar-refractivity contribution < 1.29 is 14.6 Å². The predicted octanol–water partition coefficient (Wildman–Crippen LogP) is 3.18. The molecule has 1 fully saturated rings. The Morgan fingerprint density at radius 3 is 2.61 bits per heavy atom. The Hall–Kier alpha value is -1.51. The predicted molar refractivity (Wildman–Crippen MR) is 70.2 cm³/mol. The van der Waals surface area contributed by atoms with Gasteiger partial charge >= 0.3 is 5.97 Å². The quantitative estimate of drug-likeness (QED) is 0.890. The highest BCUT2D eigenvalue weighted by atomic mass is 16.5. The smallest absolute Gasteiger partial charge is 0.307 e. The molecule has 18 heavy (non-hydrogen) atoms. The summed E-state index contributed by atoms with van der Waals surface area (Å²) in [5, 5.41) is 9.10. The Balaban J connectivity index is 2.37. The first kappa shape index (κ1) is 12.9. The second-order valence-electron chi connectivity index (χ2n) is 5.62. The lowest BCUT2D eigenvalue weighted by Gasteiger charge is -2.17. The summed E-state index contributed by atoms with van der Waals surface area (Å²) in [6.45, 7) is 6.26. The van der Waals surface area contributed by atoms with Crippen LogP contribution in [0, 0.1) is 5.92 Å². The average Bonchev–Trinajstić information content (AvgIpc) is 3.02. The molecule has 1 saturated carbocycles. The van der Waals surface area contributed by atoms with E-state index in [0.717, 1.165) is 23.3 Å². The van der Waals surface area contributed by atoms with Crippen molar-refractivity contribution in [2.75, 3.05) is 7.11 Å². The van der Waals surface area contributed by atoms with Crippen LogP contribution >= 0.6 is 0 Å². The summed E-state index contributed by atoms with van der Waals surface area (Å²) < 4.78 is 5.35. The third-order valence-electron chi connectivity index (χ3n) is 4.05.